The molecule has 1 aromatic heterocycles. The number of halogens is 1. The van der Waals surface area contributed by atoms with Gasteiger partial charge in [-0.3, -0.25) is 4.79 Å². The van der Waals surface area contributed by atoms with Gasteiger partial charge in [0.05, 0.1) is 0 Å². The van der Waals surface area contributed by atoms with Crippen molar-refractivity contribution in [3.63, 3.8) is 0 Å². The molecule has 6 nitrogen and oxygen atoms in total. The van der Waals surface area contributed by atoms with Crippen LogP contribution in [0, 0.1) is 12.7 Å². The average Bonchev–Trinajstić information content (AvgIpc) is 3.05. The number of likely N-dealkylation sites (N-methyl/N-ethyl adjacent to an activating group) is 1. The molecule has 0 atom stereocenters. The van der Waals surface area contributed by atoms with E-state index < -0.39 is 0 Å². The second kappa shape index (κ2) is 7.21. The maximum absolute atomic E-state index is 12.9. The Kier molecular flexibility index (Phi) is 4.83. The Bertz CT molecular complexity index is 875. The molecule has 0 aliphatic carbocycles. The Morgan fingerprint density at radius 2 is 1.88 bits per heavy atom. The first kappa shape index (κ1) is 16.8. The van der Waals surface area contributed by atoms with Gasteiger partial charge >= 0.3 is 0 Å². The second-order valence-corrected chi connectivity index (χ2v) is 5.83. The van der Waals surface area contributed by atoms with E-state index in [9.17, 15) is 9.18 Å². The molecule has 1 amide bonds. The second-order valence-electron chi connectivity index (χ2n) is 5.83. The van der Waals surface area contributed by atoms with Crippen molar-refractivity contribution in [3.8, 4) is 11.4 Å². The van der Waals surface area contributed by atoms with E-state index in [0.29, 0.717) is 12.4 Å². The molecular formula is C18H18FN5O. The maximum Gasteiger partial charge on any atom is 0.246 e. The molecule has 128 valence electrons. The van der Waals surface area contributed by atoms with Crippen molar-refractivity contribution in [1.29, 1.82) is 0 Å². The molecule has 0 bridgehead atoms. The van der Waals surface area contributed by atoms with Crippen LogP contribution < -0.4 is 0 Å². The lowest BCUT2D eigenvalue weighted by Gasteiger charge is -2.16. The first-order valence-electron chi connectivity index (χ1n) is 7.85. The van der Waals surface area contributed by atoms with Gasteiger partial charge in [0.25, 0.3) is 0 Å². The highest BCUT2D eigenvalue weighted by Crippen LogP contribution is 2.17. The summed E-state index contributed by atoms with van der Waals surface area (Å²) in [7, 11) is 1.69. The van der Waals surface area contributed by atoms with Crippen molar-refractivity contribution in [2.24, 2.45) is 0 Å². The number of nitrogens with zero attached hydrogens (tertiary/aromatic N) is 5. The van der Waals surface area contributed by atoms with E-state index in [1.807, 2.05) is 31.2 Å². The molecule has 25 heavy (non-hydrogen) atoms. The van der Waals surface area contributed by atoms with Crippen LogP contribution in [0.2, 0.25) is 0 Å². The number of carbonyl (C=O) groups is 1. The Morgan fingerprint density at radius 3 is 2.60 bits per heavy atom. The van der Waals surface area contributed by atoms with Gasteiger partial charge in [-0.25, -0.2) is 4.39 Å². The summed E-state index contributed by atoms with van der Waals surface area (Å²) in [6, 6.07) is 13.8. The average molecular weight is 339 g/mol. The number of hydrogen-bond donors (Lipinski definition) is 0. The first-order valence-corrected chi connectivity index (χ1v) is 7.85. The quantitative estimate of drug-likeness (QED) is 0.716. The van der Waals surface area contributed by atoms with Crippen molar-refractivity contribution in [3.05, 3.63) is 65.5 Å². The molecule has 0 spiro atoms. The Balaban J connectivity index is 1.65. The minimum atomic E-state index is -0.298. The smallest absolute Gasteiger partial charge is 0.246 e. The third-order valence-electron chi connectivity index (χ3n) is 3.87. The summed E-state index contributed by atoms with van der Waals surface area (Å²) >= 11 is 0. The maximum atomic E-state index is 12.9. The molecule has 3 rings (SSSR count). The van der Waals surface area contributed by atoms with Crippen molar-refractivity contribution in [2.75, 3.05) is 7.05 Å². The lowest BCUT2D eigenvalue weighted by atomic mass is 10.1. The molecule has 1 heterocycles. The highest BCUT2D eigenvalue weighted by molar-refractivity contribution is 5.75. The third-order valence-corrected chi connectivity index (χ3v) is 3.87. The summed E-state index contributed by atoms with van der Waals surface area (Å²) in [6.45, 7) is 2.35. The summed E-state index contributed by atoms with van der Waals surface area (Å²) in [5, 5.41) is 12.3. The zero-order chi connectivity index (χ0) is 17.8. The van der Waals surface area contributed by atoms with E-state index >= 15 is 0 Å². The van der Waals surface area contributed by atoms with Crippen molar-refractivity contribution >= 4 is 5.91 Å². The molecule has 3 aromatic rings. The number of aromatic nitrogens is 4. The number of benzene rings is 2. The Morgan fingerprint density at radius 1 is 1.16 bits per heavy atom. The van der Waals surface area contributed by atoms with Gasteiger partial charge in [-0.2, -0.15) is 4.80 Å². The van der Waals surface area contributed by atoms with Crippen LogP contribution in [0.15, 0.2) is 48.5 Å². The molecule has 7 heteroatoms. The minimum absolute atomic E-state index is 0.00340. The lowest BCUT2D eigenvalue weighted by molar-refractivity contribution is -0.131. The fourth-order valence-corrected chi connectivity index (χ4v) is 2.44. The first-order chi connectivity index (χ1) is 12.0. The summed E-state index contributed by atoms with van der Waals surface area (Å²) in [4.78, 5) is 15.1. The molecule has 0 saturated heterocycles. The van der Waals surface area contributed by atoms with Crippen LogP contribution in [0.5, 0.6) is 0 Å². The summed E-state index contributed by atoms with van der Waals surface area (Å²) in [5.41, 5.74) is 2.78. The highest BCUT2D eigenvalue weighted by atomic mass is 19.1. The SMILES string of the molecule is Cc1ccccc1-c1nnn(CC(=O)N(C)Cc2ccc(F)cc2)n1. The van der Waals surface area contributed by atoms with E-state index in [2.05, 4.69) is 15.4 Å². The van der Waals surface area contributed by atoms with Gasteiger partial charge in [0.15, 0.2) is 0 Å². The van der Waals surface area contributed by atoms with Gasteiger partial charge in [0.2, 0.25) is 11.7 Å². The van der Waals surface area contributed by atoms with Gasteiger partial charge in [-0.15, -0.1) is 10.2 Å². The van der Waals surface area contributed by atoms with Gasteiger partial charge in [0.1, 0.15) is 12.4 Å². The third kappa shape index (κ3) is 4.06. The van der Waals surface area contributed by atoms with Crippen molar-refractivity contribution in [1.82, 2.24) is 25.1 Å². The van der Waals surface area contributed by atoms with Crippen LogP contribution in [0.3, 0.4) is 0 Å². The van der Waals surface area contributed by atoms with Gasteiger partial charge in [0, 0.05) is 19.2 Å². The standard InChI is InChI=1S/C18H18FN5O/c1-13-5-3-4-6-16(13)18-20-22-24(21-18)12-17(25)23(2)11-14-7-9-15(19)10-8-14/h3-10H,11-12H2,1-2H3. The van der Waals surface area contributed by atoms with Crippen molar-refractivity contribution in [2.45, 2.75) is 20.0 Å². The molecule has 0 fully saturated rings. The number of carbonyl (C=O) groups excluding carboxylic acids is 1. The molecular weight excluding hydrogens is 321 g/mol. The fourth-order valence-electron chi connectivity index (χ4n) is 2.44. The lowest BCUT2D eigenvalue weighted by Crippen LogP contribution is -2.30. The van der Waals surface area contributed by atoms with Crippen LogP contribution in [0.25, 0.3) is 11.4 Å². The van der Waals surface area contributed by atoms with E-state index in [0.717, 1.165) is 16.7 Å². The number of amides is 1. The van der Waals surface area contributed by atoms with Crippen molar-refractivity contribution < 1.29 is 9.18 Å². The van der Waals surface area contributed by atoms with Crippen LogP contribution in [-0.2, 0) is 17.9 Å². The topological polar surface area (TPSA) is 63.9 Å². The van der Waals surface area contributed by atoms with E-state index in [1.165, 1.54) is 16.9 Å². The summed E-state index contributed by atoms with van der Waals surface area (Å²) in [5.74, 6) is 0.0402. The zero-order valence-corrected chi connectivity index (χ0v) is 14.1. The Labute approximate surface area is 144 Å². The van der Waals surface area contributed by atoms with E-state index in [4.69, 9.17) is 0 Å². The largest absolute Gasteiger partial charge is 0.340 e. The van der Waals surface area contributed by atoms with Gasteiger partial charge in [-0.05, 0) is 35.4 Å². The number of tetrazole rings is 1. The van der Waals surface area contributed by atoms with Crippen LogP contribution in [-0.4, -0.2) is 38.1 Å². The zero-order valence-electron chi connectivity index (χ0n) is 14.1. The molecule has 0 aliphatic heterocycles. The highest BCUT2D eigenvalue weighted by Gasteiger charge is 2.14. The molecule has 0 aliphatic rings. The van der Waals surface area contributed by atoms with Crippen LogP contribution in [0.1, 0.15) is 11.1 Å². The van der Waals surface area contributed by atoms with Gasteiger partial charge < -0.3 is 4.90 Å². The molecule has 0 unspecified atom stereocenters. The molecule has 0 radical (unpaired) electrons. The summed E-state index contributed by atoms with van der Waals surface area (Å²) < 4.78 is 12.9. The normalized spacial score (nSPS) is 10.7. The number of aryl methyl sites for hydroxylation is 1. The monoisotopic (exact) mass is 339 g/mol. The van der Waals surface area contributed by atoms with E-state index in [-0.39, 0.29) is 18.3 Å². The molecule has 2 aromatic carbocycles. The summed E-state index contributed by atoms with van der Waals surface area (Å²) in [6.07, 6.45) is 0. The number of rotatable bonds is 5. The van der Waals surface area contributed by atoms with E-state index in [1.54, 1.807) is 24.1 Å². The minimum Gasteiger partial charge on any atom is -0.340 e. The van der Waals surface area contributed by atoms with Crippen LogP contribution in [0.4, 0.5) is 4.39 Å². The Hall–Kier alpha value is -3.09. The molecule has 0 saturated carbocycles. The van der Waals surface area contributed by atoms with Crippen LogP contribution >= 0.6 is 0 Å². The van der Waals surface area contributed by atoms with Gasteiger partial charge in [-0.1, -0.05) is 36.4 Å². The molecule has 0 N–H and O–H groups in total. The fraction of sp³-hybridized carbons (Fsp3) is 0.222. The predicted octanol–water partition coefficient (Wildman–Crippen LogP) is 2.45. The number of hydrogen-bond acceptors (Lipinski definition) is 4. The predicted molar refractivity (Wildman–Crippen MR) is 90.9 cm³/mol.